The number of carbonyl (C=O) groups excluding carboxylic acids is 1. The van der Waals surface area contributed by atoms with Crippen LogP contribution in [-0.4, -0.2) is 26.7 Å². The molecule has 0 heterocycles. The Bertz CT molecular complexity index is 593. The average Bonchev–Trinajstić information content (AvgIpc) is 2.88. The minimum atomic E-state index is -3.18. The second-order valence-electron chi connectivity index (χ2n) is 5.02. The molecule has 0 spiro atoms. The lowest BCUT2D eigenvalue weighted by molar-refractivity contribution is -0.142. The first kappa shape index (κ1) is 14.8. The van der Waals surface area contributed by atoms with Gasteiger partial charge in [0.1, 0.15) is 6.10 Å². The van der Waals surface area contributed by atoms with E-state index in [1.165, 1.54) is 18.2 Å². The van der Waals surface area contributed by atoms with E-state index in [4.69, 9.17) is 4.74 Å². The van der Waals surface area contributed by atoms with Gasteiger partial charge in [-0.15, -0.1) is 0 Å². The Balaban J connectivity index is 1.95. The van der Waals surface area contributed by atoms with Gasteiger partial charge in [-0.05, 0) is 49.5 Å². The van der Waals surface area contributed by atoms with Crippen molar-refractivity contribution in [3.05, 3.63) is 35.9 Å². The van der Waals surface area contributed by atoms with Gasteiger partial charge in [0.05, 0.1) is 4.90 Å². The molecular weight excluding hydrogens is 276 g/mol. The van der Waals surface area contributed by atoms with E-state index in [0.717, 1.165) is 37.5 Å². The molecule has 0 aromatic heterocycles. The van der Waals surface area contributed by atoms with Crippen LogP contribution in [0.3, 0.4) is 0 Å². The summed E-state index contributed by atoms with van der Waals surface area (Å²) < 4.78 is 27.9. The number of ether oxygens (including phenoxy) is 1. The Kier molecular flexibility index (Phi) is 4.60. The van der Waals surface area contributed by atoms with E-state index in [1.807, 2.05) is 0 Å². The Morgan fingerprint density at radius 3 is 2.35 bits per heavy atom. The fourth-order valence-electron chi connectivity index (χ4n) is 2.20. The van der Waals surface area contributed by atoms with Crippen molar-refractivity contribution in [2.75, 3.05) is 6.26 Å². The van der Waals surface area contributed by atoms with Crippen LogP contribution in [0.25, 0.3) is 6.08 Å². The first-order valence-electron chi connectivity index (χ1n) is 6.64. The van der Waals surface area contributed by atoms with E-state index < -0.39 is 9.84 Å². The van der Waals surface area contributed by atoms with Gasteiger partial charge < -0.3 is 4.74 Å². The molecule has 0 amide bonds. The smallest absolute Gasteiger partial charge is 0.331 e. The molecule has 1 aliphatic carbocycles. The van der Waals surface area contributed by atoms with Gasteiger partial charge in [0.2, 0.25) is 0 Å². The van der Waals surface area contributed by atoms with Gasteiger partial charge in [0, 0.05) is 12.3 Å². The van der Waals surface area contributed by atoms with Crippen LogP contribution in [-0.2, 0) is 19.4 Å². The lowest BCUT2D eigenvalue weighted by atomic mass is 10.2. The molecule has 2 rings (SSSR count). The second kappa shape index (κ2) is 6.22. The van der Waals surface area contributed by atoms with Crippen molar-refractivity contribution < 1.29 is 17.9 Å². The summed E-state index contributed by atoms with van der Waals surface area (Å²) >= 11 is 0. The maximum absolute atomic E-state index is 11.6. The molecule has 0 saturated heterocycles. The SMILES string of the molecule is CS(=O)(=O)c1ccc(C=CC(=O)OC2CCCC2)cc1. The van der Waals surface area contributed by atoms with Crippen molar-refractivity contribution in [2.24, 2.45) is 0 Å². The first-order valence-corrected chi connectivity index (χ1v) is 8.53. The highest BCUT2D eigenvalue weighted by Gasteiger charge is 2.17. The molecule has 4 nitrogen and oxygen atoms in total. The summed E-state index contributed by atoms with van der Waals surface area (Å²) in [6, 6.07) is 6.38. The van der Waals surface area contributed by atoms with Gasteiger partial charge in [-0.2, -0.15) is 0 Å². The molecule has 1 fully saturated rings. The van der Waals surface area contributed by atoms with Crippen LogP contribution in [0.1, 0.15) is 31.2 Å². The maximum Gasteiger partial charge on any atom is 0.331 e. The lowest BCUT2D eigenvalue weighted by Crippen LogP contribution is -2.12. The van der Waals surface area contributed by atoms with E-state index in [2.05, 4.69) is 0 Å². The Morgan fingerprint density at radius 2 is 1.80 bits per heavy atom. The molecule has 1 aromatic rings. The number of hydrogen-bond acceptors (Lipinski definition) is 4. The van der Waals surface area contributed by atoms with Crippen molar-refractivity contribution in [3.63, 3.8) is 0 Å². The topological polar surface area (TPSA) is 60.4 Å². The largest absolute Gasteiger partial charge is 0.459 e. The van der Waals surface area contributed by atoms with Crippen LogP contribution in [0.4, 0.5) is 0 Å². The van der Waals surface area contributed by atoms with Crippen LogP contribution in [0.15, 0.2) is 35.2 Å². The number of rotatable bonds is 4. The molecule has 0 radical (unpaired) electrons. The van der Waals surface area contributed by atoms with Crippen LogP contribution in [0.2, 0.25) is 0 Å². The molecule has 0 bridgehead atoms. The van der Waals surface area contributed by atoms with Crippen LogP contribution in [0.5, 0.6) is 0 Å². The Labute approximate surface area is 119 Å². The number of carbonyl (C=O) groups is 1. The molecule has 0 atom stereocenters. The minimum Gasteiger partial charge on any atom is -0.459 e. The van der Waals surface area contributed by atoms with E-state index >= 15 is 0 Å². The van der Waals surface area contributed by atoms with Crippen molar-refractivity contribution in [1.82, 2.24) is 0 Å². The molecule has 5 heteroatoms. The molecular formula is C15H18O4S. The zero-order chi connectivity index (χ0) is 14.6. The standard InChI is InChI=1S/C15H18O4S/c1-20(17,18)14-9-6-12(7-10-14)8-11-15(16)19-13-4-2-3-5-13/h6-11,13H,2-5H2,1H3. The highest BCUT2D eigenvalue weighted by molar-refractivity contribution is 7.90. The molecule has 0 N–H and O–H groups in total. The van der Waals surface area contributed by atoms with Crippen molar-refractivity contribution >= 4 is 21.9 Å². The summed E-state index contributed by atoms with van der Waals surface area (Å²) in [7, 11) is -3.18. The molecule has 20 heavy (non-hydrogen) atoms. The van der Waals surface area contributed by atoms with Crippen molar-refractivity contribution in [2.45, 2.75) is 36.7 Å². The van der Waals surface area contributed by atoms with Crippen molar-refractivity contribution in [1.29, 1.82) is 0 Å². The Hall–Kier alpha value is -1.62. The van der Waals surface area contributed by atoms with E-state index in [0.29, 0.717) is 0 Å². The fourth-order valence-corrected chi connectivity index (χ4v) is 2.83. The molecule has 1 saturated carbocycles. The van der Waals surface area contributed by atoms with Gasteiger partial charge in [-0.3, -0.25) is 0 Å². The maximum atomic E-state index is 11.6. The highest BCUT2D eigenvalue weighted by Crippen LogP contribution is 2.21. The quantitative estimate of drug-likeness (QED) is 0.632. The summed E-state index contributed by atoms with van der Waals surface area (Å²) in [4.78, 5) is 11.9. The van der Waals surface area contributed by atoms with Gasteiger partial charge in [0.15, 0.2) is 9.84 Å². The van der Waals surface area contributed by atoms with E-state index in [-0.39, 0.29) is 17.0 Å². The molecule has 1 aromatic carbocycles. The minimum absolute atomic E-state index is 0.0553. The molecule has 1 aliphatic rings. The van der Waals surface area contributed by atoms with Gasteiger partial charge in [0.25, 0.3) is 0 Å². The highest BCUT2D eigenvalue weighted by atomic mass is 32.2. The summed E-state index contributed by atoms with van der Waals surface area (Å²) in [5.74, 6) is -0.343. The van der Waals surface area contributed by atoms with Crippen LogP contribution < -0.4 is 0 Å². The summed E-state index contributed by atoms with van der Waals surface area (Å²) in [5, 5.41) is 0. The average molecular weight is 294 g/mol. The third kappa shape index (κ3) is 4.20. The predicted molar refractivity (Wildman–Crippen MR) is 76.9 cm³/mol. The van der Waals surface area contributed by atoms with E-state index in [1.54, 1.807) is 18.2 Å². The van der Waals surface area contributed by atoms with Gasteiger partial charge in [-0.25, -0.2) is 13.2 Å². The third-order valence-electron chi connectivity index (χ3n) is 3.31. The third-order valence-corrected chi connectivity index (χ3v) is 4.43. The zero-order valence-corrected chi connectivity index (χ0v) is 12.2. The first-order chi connectivity index (χ1) is 9.45. The molecule has 0 aliphatic heterocycles. The van der Waals surface area contributed by atoms with E-state index in [9.17, 15) is 13.2 Å². The number of sulfone groups is 1. The number of hydrogen-bond donors (Lipinski definition) is 0. The summed E-state index contributed by atoms with van der Waals surface area (Å²) in [6.45, 7) is 0. The lowest BCUT2D eigenvalue weighted by Gasteiger charge is -2.08. The van der Waals surface area contributed by atoms with Gasteiger partial charge in [-0.1, -0.05) is 12.1 Å². The normalized spacial score (nSPS) is 16.6. The summed E-state index contributed by atoms with van der Waals surface area (Å²) in [6.07, 6.45) is 8.36. The zero-order valence-electron chi connectivity index (χ0n) is 11.4. The predicted octanol–water partition coefficient (Wildman–Crippen LogP) is 2.59. The Morgan fingerprint density at radius 1 is 1.20 bits per heavy atom. The van der Waals surface area contributed by atoms with Crippen molar-refractivity contribution in [3.8, 4) is 0 Å². The monoisotopic (exact) mass is 294 g/mol. The molecule has 0 unspecified atom stereocenters. The number of benzene rings is 1. The fraction of sp³-hybridized carbons (Fsp3) is 0.400. The van der Waals surface area contributed by atoms with Gasteiger partial charge >= 0.3 is 5.97 Å². The van der Waals surface area contributed by atoms with Crippen LogP contribution >= 0.6 is 0 Å². The number of esters is 1. The second-order valence-corrected chi connectivity index (χ2v) is 7.03. The molecule has 108 valence electrons. The summed E-state index contributed by atoms with van der Waals surface area (Å²) in [5.41, 5.74) is 0.765. The van der Waals surface area contributed by atoms with Crippen LogP contribution in [0, 0.1) is 0 Å².